The minimum absolute atomic E-state index is 0.0331. The van der Waals surface area contributed by atoms with Gasteiger partial charge in [-0.15, -0.1) is 0 Å². The van der Waals surface area contributed by atoms with E-state index in [9.17, 15) is 14.4 Å². The molecule has 1 N–H and O–H groups in total. The number of carbonyl (C=O) groups excluding carboxylic acids is 2. The minimum Gasteiger partial charge on any atom is -0.478 e. The first-order chi connectivity index (χ1) is 8.04. The molecule has 17 heavy (non-hydrogen) atoms. The van der Waals surface area contributed by atoms with Crippen LogP contribution in [0.25, 0.3) is 0 Å². The largest absolute Gasteiger partial charge is 0.480 e. The first kappa shape index (κ1) is 11.1. The van der Waals surface area contributed by atoms with Crippen LogP contribution in [0.2, 0.25) is 0 Å². The monoisotopic (exact) mass is 233 g/mol. The van der Waals surface area contributed by atoms with E-state index >= 15 is 0 Å². The maximum absolute atomic E-state index is 11.5. The highest BCUT2D eigenvalue weighted by Gasteiger charge is 2.30. The number of amides is 2. The zero-order valence-corrected chi connectivity index (χ0v) is 9.01. The van der Waals surface area contributed by atoms with E-state index < -0.39 is 17.8 Å². The van der Waals surface area contributed by atoms with Crippen LogP contribution in [-0.4, -0.2) is 29.4 Å². The number of fused-ring (bicyclic) bond motifs is 1. The Morgan fingerprint density at radius 2 is 2.12 bits per heavy atom. The van der Waals surface area contributed by atoms with Crippen LogP contribution < -0.4 is 15.3 Å². The molecule has 0 saturated heterocycles. The molecule has 86 valence electrons. The maximum Gasteiger partial charge on any atom is 0.480 e. The smallest absolute Gasteiger partial charge is 0.478 e. The Bertz CT molecular complexity index is 661. The molecule has 2 rings (SSSR count). The number of benzene rings is 1. The molecule has 0 radical (unpaired) electrons. The molecule has 1 aliphatic rings. The lowest BCUT2D eigenvalue weighted by Gasteiger charge is -2.01. The Hall–Kier alpha value is -2.37. The predicted molar refractivity (Wildman–Crippen MR) is 56.0 cm³/mol. The molecule has 0 aromatic heterocycles. The summed E-state index contributed by atoms with van der Waals surface area (Å²) in [5.74, 6) is -2.67. The quantitative estimate of drug-likeness (QED) is 0.502. The number of hydrogen-bond donors (Lipinski definition) is 1. The molecule has 6 nitrogen and oxygen atoms in total. The van der Waals surface area contributed by atoms with Crippen molar-refractivity contribution in [2.75, 3.05) is 6.54 Å². The van der Waals surface area contributed by atoms with Gasteiger partial charge < -0.3 is 5.11 Å². The Kier molecular flexibility index (Phi) is 2.55. The fourth-order valence-electron chi connectivity index (χ4n) is 1.67. The molecule has 2 amide bonds. The van der Waals surface area contributed by atoms with Crippen molar-refractivity contribution in [3.05, 3.63) is 34.5 Å². The fraction of sp³-hybridized carbons (Fsp3) is 0.182. The number of aromatic carboxylic acids is 1. The Labute approximate surface area is 95.5 Å². The summed E-state index contributed by atoms with van der Waals surface area (Å²) in [6.45, 7) is 2.06. The van der Waals surface area contributed by atoms with Gasteiger partial charge in [-0.2, -0.15) is 9.57 Å². The van der Waals surface area contributed by atoms with Gasteiger partial charge in [0, 0.05) is 6.07 Å². The number of likely N-dealkylation sites (N-methyl/N-ethyl adjacent to an activating group) is 1. The zero-order chi connectivity index (χ0) is 12.6. The van der Waals surface area contributed by atoms with Crippen LogP contribution in [0.3, 0.4) is 0 Å². The van der Waals surface area contributed by atoms with Crippen LogP contribution in [0.1, 0.15) is 17.3 Å². The number of carbonyl (C=O) groups is 3. The van der Waals surface area contributed by atoms with Gasteiger partial charge in [-0.3, -0.25) is 4.79 Å². The summed E-state index contributed by atoms with van der Waals surface area (Å²) in [5, 5.41) is 9.50. The van der Waals surface area contributed by atoms with Crippen LogP contribution in [0.15, 0.2) is 23.2 Å². The molecule has 0 fully saturated rings. The van der Waals surface area contributed by atoms with Gasteiger partial charge >= 0.3 is 17.8 Å². The highest BCUT2D eigenvalue weighted by atomic mass is 16.4. The van der Waals surface area contributed by atoms with E-state index in [1.165, 1.54) is 22.8 Å². The normalized spacial score (nSPS) is 14.3. The first-order valence-corrected chi connectivity index (χ1v) is 4.99. The average molecular weight is 233 g/mol. The topological polar surface area (TPSA) is 86.8 Å². The van der Waals surface area contributed by atoms with Gasteiger partial charge in [0.2, 0.25) is 5.36 Å². The second kappa shape index (κ2) is 3.89. The molecule has 1 aliphatic heterocycles. The molecule has 0 atom stereocenters. The van der Waals surface area contributed by atoms with Crippen LogP contribution in [-0.2, 0) is 9.59 Å². The van der Waals surface area contributed by atoms with Crippen molar-refractivity contribution in [3.8, 4) is 0 Å². The van der Waals surface area contributed by atoms with E-state index in [0.29, 0.717) is 11.9 Å². The van der Waals surface area contributed by atoms with Crippen LogP contribution in [0.4, 0.5) is 0 Å². The van der Waals surface area contributed by atoms with Gasteiger partial charge in [0.1, 0.15) is 5.36 Å². The van der Waals surface area contributed by atoms with E-state index in [4.69, 9.17) is 5.11 Å². The molecule has 1 aromatic carbocycles. The van der Waals surface area contributed by atoms with Gasteiger partial charge in [0.25, 0.3) is 0 Å². The highest BCUT2D eigenvalue weighted by Crippen LogP contribution is 1.93. The summed E-state index contributed by atoms with van der Waals surface area (Å²) in [6.07, 6.45) is 0. The summed E-state index contributed by atoms with van der Waals surface area (Å²) in [4.78, 5) is 37.2. The summed E-state index contributed by atoms with van der Waals surface area (Å²) in [7, 11) is 0. The number of nitrogens with zero attached hydrogens (tertiary/aromatic N) is 2. The third-order valence-electron chi connectivity index (χ3n) is 2.48. The van der Waals surface area contributed by atoms with E-state index in [1.54, 1.807) is 6.92 Å². The first-order valence-electron chi connectivity index (χ1n) is 4.99. The Morgan fingerprint density at radius 3 is 2.71 bits per heavy atom. The lowest BCUT2D eigenvalue weighted by Crippen LogP contribution is -2.50. The molecule has 1 aromatic rings. The number of hydrogen-bond acceptors (Lipinski definition) is 3. The van der Waals surface area contributed by atoms with Crippen molar-refractivity contribution < 1.29 is 19.5 Å². The number of carboxylic acid groups (broad SMARTS) is 1. The summed E-state index contributed by atoms with van der Waals surface area (Å²) in [6, 6.07) is 4.14. The average Bonchev–Trinajstić information content (AvgIpc) is 2.30. The van der Waals surface area contributed by atoms with Crippen LogP contribution >= 0.6 is 0 Å². The van der Waals surface area contributed by atoms with E-state index in [1.807, 2.05) is 0 Å². The number of carboxylic acids is 1. The van der Waals surface area contributed by atoms with Crippen LogP contribution in [0, 0.1) is 0 Å². The van der Waals surface area contributed by atoms with Gasteiger partial charge in [0.05, 0.1) is 5.56 Å². The molecule has 0 saturated carbocycles. The molecule has 0 spiro atoms. The standard InChI is InChI=1S/C11H8N2O4/c1-2-13-8-4-3-6(11(16)17)5-7(8)12-9(14)10(13)15/h3-5H,2H2,1H3/p+1. The second-order valence-electron chi connectivity index (χ2n) is 3.48. The maximum atomic E-state index is 11.5. The molecule has 1 heterocycles. The minimum atomic E-state index is -1.10. The van der Waals surface area contributed by atoms with Gasteiger partial charge in [-0.1, -0.05) is 0 Å². The van der Waals surface area contributed by atoms with Crippen molar-refractivity contribution >= 4 is 17.8 Å². The molecule has 0 aliphatic carbocycles. The third-order valence-corrected chi connectivity index (χ3v) is 2.48. The van der Waals surface area contributed by atoms with E-state index in [2.05, 4.69) is 4.99 Å². The van der Waals surface area contributed by atoms with Crippen molar-refractivity contribution in [1.82, 2.24) is 4.58 Å². The van der Waals surface area contributed by atoms with Crippen molar-refractivity contribution in [2.24, 2.45) is 4.99 Å². The fourth-order valence-corrected chi connectivity index (χ4v) is 1.67. The number of rotatable bonds is 2. The second-order valence-corrected chi connectivity index (χ2v) is 3.48. The van der Waals surface area contributed by atoms with Crippen LogP contribution in [0.5, 0.6) is 0 Å². The zero-order valence-electron chi connectivity index (χ0n) is 9.01. The van der Waals surface area contributed by atoms with Gasteiger partial charge in [-0.25, -0.2) is 9.59 Å². The lowest BCUT2D eigenvalue weighted by atomic mass is 10.2. The Balaban J connectivity index is 2.84. The highest BCUT2D eigenvalue weighted by molar-refractivity contribution is 6.36. The molecule has 0 bridgehead atoms. The van der Waals surface area contributed by atoms with Gasteiger partial charge in [0.15, 0.2) is 6.54 Å². The molecule has 6 heteroatoms. The van der Waals surface area contributed by atoms with Crippen molar-refractivity contribution in [3.63, 3.8) is 0 Å². The summed E-state index contributed by atoms with van der Waals surface area (Å²) in [5.41, 5.74) is 0.0331. The molecular formula is C11H9N2O4+. The van der Waals surface area contributed by atoms with E-state index in [0.717, 1.165) is 0 Å². The van der Waals surface area contributed by atoms with Crippen molar-refractivity contribution in [1.29, 1.82) is 0 Å². The van der Waals surface area contributed by atoms with Gasteiger partial charge in [-0.05, 0) is 19.1 Å². The molecule has 0 unspecified atom stereocenters. The SMILES string of the molecule is CC[N+]1=c2ccc(C(=O)O)cc2=NC(=O)C1=O. The lowest BCUT2D eigenvalue weighted by molar-refractivity contribution is -0.138. The summed E-state index contributed by atoms with van der Waals surface area (Å²) >= 11 is 0. The predicted octanol–water partition coefficient (Wildman–Crippen LogP) is -1.42. The summed E-state index contributed by atoms with van der Waals surface area (Å²) < 4.78 is 1.27. The molecular weight excluding hydrogens is 224 g/mol. The van der Waals surface area contributed by atoms with E-state index in [-0.39, 0.29) is 10.9 Å². The van der Waals surface area contributed by atoms with Crippen molar-refractivity contribution in [2.45, 2.75) is 6.92 Å². The Morgan fingerprint density at radius 1 is 1.41 bits per heavy atom. The third kappa shape index (κ3) is 1.73.